The second kappa shape index (κ2) is 7.24. The second-order valence-corrected chi connectivity index (χ2v) is 6.47. The minimum absolute atomic E-state index is 0.0318. The van der Waals surface area contributed by atoms with E-state index >= 15 is 0 Å². The van der Waals surface area contributed by atoms with Crippen molar-refractivity contribution in [2.45, 2.75) is 19.4 Å². The van der Waals surface area contributed by atoms with E-state index in [1.165, 1.54) is 10.4 Å². The predicted molar refractivity (Wildman–Crippen MR) is 92.6 cm³/mol. The smallest absolute Gasteiger partial charge is 0.224 e. The van der Waals surface area contributed by atoms with Gasteiger partial charge in [-0.1, -0.05) is 35.9 Å². The van der Waals surface area contributed by atoms with Crippen LogP contribution >= 0.6 is 11.3 Å². The quantitative estimate of drug-likeness (QED) is 0.756. The van der Waals surface area contributed by atoms with Crippen LogP contribution < -0.4 is 5.32 Å². The first-order valence-electron chi connectivity index (χ1n) is 7.57. The maximum absolute atomic E-state index is 12.2. The van der Waals surface area contributed by atoms with Gasteiger partial charge in [-0.3, -0.25) is 9.48 Å². The minimum Gasteiger partial charge on any atom is -0.353 e. The lowest BCUT2D eigenvalue weighted by atomic mass is 10.1. The molecule has 2 aromatic heterocycles. The zero-order chi connectivity index (χ0) is 16.1. The van der Waals surface area contributed by atoms with Crippen LogP contribution in [0.1, 0.15) is 22.0 Å². The van der Waals surface area contributed by atoms with Crippen molar-refractivity contribution in [1.82, 2.24) is 15.1 Å². The first-order chi connectivity index (χ1) is 11.2. The van der Waals surface area contributed by atoms with Crippen LogP contribution in [-0.2, 0) is 11.2 Å². The van der Waals surface area contributed by atoms with E-state index in [-0.39, 0.29) is 11.9 Å². The number of nitrogens with one attached hydrogen (secondary N) is 1. The molecule has 1 N–H and O–H groups in total. The van der Waals surface area contributed by atoms with Gasteiger partial charge in [0.25, 0.3) is 0 Å². The summed E-state index contributed by atoms with van der Waals surface area (Å²) in [6, 6.07) is 14.1. The van der Waals surface area contributed by atoms with Gasteiger partial charge in [0, 0.05) is 23.8 Å². The third kappa shape index (κ3) is 4.07. The first kappa shape index (κ1) is 15.5. The largest absolute Gasteiger partial charge is 0.353 e. The van der Waals surface area contributed by atoms with Crippen molar-refractivity contribution in [1.29, 1.82) is 0 Å². The van der Waals surface area contributed by atoms with E-state index in [0.29, 0.717) is 13.0 Å². The molecule has 0 bridgehead atoms. The van der Waals surface area contributed by atoms with Crippen LogP contribution in [0.4, 0.5) is 0 Å². The summed E-state index contributed by atoms with van der Waals surface area (Å²) in [5, 5.41) is 9.39. The first-order valence-corrected chi connectivity index (χ1v) is 8.45. The van der Waals surface area contributed by atoms with Gasteiger partial charge in [0.15, 0.2) is 0 Å². The summed E-state index contributed by atoms with van der Waals surface area (Å²) in [5.74, 6) is 0.0318. The van der Waals surface area contributed by atoms with Gasteiger partial charge in [-0.2, -0.15) is 5.10 Å². The van der Waals surface area contributed by atoms with E-state index in [1.54, 1.807) is 17.5 Å². The van der Waals surface area contributed by atoms with E-state index in [0.717, 1.165) is 5.56 Å². The third-order valence-electron chi connectivity index (χ3n) is 3.66. The van der Waals surface area contributed by atoms with Crippen LogP contribution in [0.25, 0.3) is 0 Å². The molecular formula is C18H19N3OS. The van der Waals surface area contributed by atoms with E-state index in [9.17, 15) is 4.79 Å². The number of carbonyl (C=O) groups excluding carboxylic acids is 1. The SMILES string of the molecule is Cc1cccc(CC(=O)NCC(c2cccs2)n2cccn2)c1. The van der Waals surface area contributed by atoms with Crippen LogP contribution in [0.2, 0.25) is 0 Å². The van der Waals surface area contributed by atoms with Crippen molar-refractivity contribution in [2.75, 3.05) is 6.54 Å². The number of carbonyl (C=O) groups is 1. The van der Waals surface area contributed by atoms with Gasteiger partial charge in [0.2, 0.25) is 5.91 Å². The molecule has 5 heteroatoms. The molecule has 1 unspecified atom stereocenters. The average molecular weight is 325 g/mol. The molecule has 0 aliphatic heterocycles. The number of amides is 1. The lowest BCUT2D eigenvalue weighted by Gasteiger charge is -2.17. The van der Waals surface area contributed by atoms with Gasteiger partial charge in [-0.05, 0) is 30.0 Å². The maximum atomic E-state index is 12.2. The molecule has 4 nitrogen and oxygen atoms in total. The average Bonchev–Trinajstić information content (AvgIpc) is 3.21. The Bertz CT molecular complexity index is 716. The Labute approximate surface area is 139 Å². The van der Waals surface area contributed by atoms with Crippen molar-refractivity contribution in [2.24, 2.45) is 0 Å². The number of hydrogen-bond acceptors (Lipinski definition) is 3. The fourth-order valence-electron chi connectivity index (χ4n) is 2.55. The van der Waals surface area contributed by atoms with Gasteiger partial charge in [0.05, 0.1) is 6.42 Å². The molecule has 0 saturated heterocycles. The Balaban J connectivity index is 1.64. The fraction of sp³-hybridized carbons (Fsp3) is 0.222. The molecule has 3 rings (SSSR count). The van der Waals surface area contributed by atoms with Gasteiger partial charge >= 0.3 is 0 Å². The molecule has 0 aliphatic rings. The zero-order valence-electron chi connectivity index (χ0n) is 13.0. The summed E-state index contributed by atoms with van der Waals surface area (Å²) in [5.41, 5.74) is 2.21. The number of benzene rings is 1. The van der Waals surface area contributed by atoms with Crippen LogP contribution in [0, 0.1) is 6.92 Å². The number of thiophene rings is 1. The maximum Gasteiger partial charge on any atom is 0.224 e. The normalized spacial score (nSPS) is 12.0. The Hall–Kier alpha value is -2.40. The molecule has 0 spiro atoms. The van der Waals surface area contributed by atoms with Gasteiger partial charge in [0.1, 0.15) is 6.04 Å². The second-order valence-electron chi connectivity index (χ2n) is 5.49. The summed E-state index contributed by atoms with van der Waals surface area (Å²) in [4.78, 5) is 13.4. The molecule has 0 saturated carbocycles. The van der Waals surface area contributed by atoms with E-state index in [2.05, 4.69) is 16.5 Å². The van der Waals surface area contributed by atoms with Crippen LogP contribution in [0.3, 0.4) is 0 Å². The Morgan fingerprint density at radius 3 is 2.91 bits per heavy atom. The highest BCUT2D eigenvalue weighted by atomic mass is 32.1. The van der Waals surface area contributed by atoms with Crippen molar-refractivity contribution < 1.29 is 4.79 Å². The van der Waals surface area contributed by atoms with Crippen LogP contribution in [-0.4, -0.2) is 22.2 Å². The summed E-state index contributed by atoms with van der Waals surface area (Å²) >= 11 is 1.67. The Morgan fingerprint density at radius 2 is 2.22 bits per heavy atom. The van der Waals surface area contributed by atoms with Gasteiger partial charge in [-0.15, -0.1) is 11.3 Å². The molecule has 1 aromatic carbocycles. The topological polar surface area (TPSA) is 46.9 Å². The summed E-state index contributed by atoms with van der Waals surface area (Å²) in [6.07, 6.45) is 4.09. The van der Waals surface area contributed by atoms with Crippen molar-refractivity contribution in [3.05, 3.63) is 76.2 Å². The lowest BCUT2D eigenvalue weighted by Crippen LogP contribution is -2.32. The molecule has 0 aliphatic carbocycles. The molecular weight excluding hydrogens is 306 g/mol. The number of aromatic nitrogens is 2. The lowest BCUT2D eigenvalue weighted by molar-refractivity contribution is -0.120. The fourth-order valence-corrected chi connectivity index (χ4v) is 3.37. The van der Waals surface area contributed by atoms with E-state index in [4.69, 9.17) is 0 Å². The highest BCUT2D eigenvalue weighted by molar-refractivity contribution is 7.10. The minimum atomic E-state index is 0.0318. The van der Waals surface area contributed by atoms with Crippen molar-refractivity contribution in [3.8, 4) is 0 Å². The third-order valence-corrected chi connectivity index (χ3v) is 4.63. The standard InChI is InChI=1S/C18H19N3OS/c1-14-5-2-6-15(11-14)12-18(22)19-13-16(17-7-3-10-23-17)21-9-4-8-20-21/h2-11,16H,12-13H2,1H3,(H,19,22). The predicted octanol–water partition coefficient (Wildman–Crippen LogP) is 3.20. The van der Waals surface area contributed by atoms with Crippen molar-refractivity contribution >= 4 is 17.2 Å². The number of nitrogens with zero attached hydrogens (tertiary/aromatic N) is 2. The Kier molecular flexibility index (Phi) is 4.88. The summed E-state index contributed by atoms with van der Waals surface area (Å²) in [6.45, 7) is 2.57. The van der Waals surface area contributed by atoms with Crippen molar-refractivity contribution in [3.63, 3.8) is 0 Å². The highest BCUT2D eigenvalue weighted by Gasteiger charge is 2.16. The van der Waals surface area contributed by atoms with Gasteiger partial charge in [-0.25, -0.2) is 0 Å². The molecule has 1 amide bonds. The number of hydrogen-bond donors (Lipinski definition) is 1. The molecule has 0 radical (unpaired) electrons. The van der Waals surface area contributed by atoms with Crippen LogP contribution in [0.15, 0.2) is 60.2 Å². The zero-order valence-corrected chi connectivity index (χ0v) is 13.8. The molecule has 1 atom stereocenters. The molecule has 0 fully saturated rings. The molecule has 2 heterocycles. The molecule has 3 aromatic rings. The summed E-state index contributed by atoms with van der Waals surface area (Å²) in [7, 11) is 0. The van der Waals surface area contributed by atoms with E-state index < -0.39 is 0 Å². The molecule has 118 valence electrons. The van der Waals surface area contributed by atoms with E-state index in [1.807, 2.05) is 59.6 Å². The monoisotopic (exact) mass is 325 g/mol. The highest BCUT2D eigenvalue weighted by Crippen LogP contribution is 2.21. The van der Waals surface area contributed by atoms with Crippen LogP contribution in [0.5, 0.6) is 0 Å². The number of aryl methyl sites for hydroxylation is 1. The van der Waals surface area contributed by atoms with Gasteiger partial charge < -0.3 is 5.32 Å². The Morgan fingerprint density at radius 1 is 1.30 bits per heavy atom. The summed E-state index contributed by atoms with van der Waals surface area (Å²) < 4.78 is 1.89. The number of rotatable bonds is 6. The molecule has 23 heavy (non-hydrogen) atoms.